The number of rotatable bonds is 7. The van der Waals surface area contributed by atoms with Crippen LogP contribution in [0.4, 0.5) is 0 Å². The van der Waals surface area contributed by atoms with Gasteiger partial charge in [-0.1, -0.05) is 0 Å². The number of hydrogen-bond acceptors (Lipinski definition) is 6. The first-order chi connectivity index (χ1) is 11.0. The Labute approximate surface area is 145 Å². The maximum absolute atomic E-state index is 11.3. The Hall–Kier alpha value is -2.09. The summed E-state index contributed by atoms with van der Waals surface area (Å²) in [6.45, 7) is 1.96. The van der Waals surface area contributed by atoms with Crippen molar-refractivity contribution >= 4 is 29.3 Å². The molecule has 8 heteroatoms. The molecule has 1 heterocycles. The summed E-state index contributed by atoms with van der Waals surface area (Å²) < 4.78 is 10.6. The van der Waals surface area contributed by atoms with Crippen molar-refractivity contribution in [2.75, 3.05) is 13.2 Å². The Morgan fingerprint density at radius 2 is 2.08 bits per heavy atom. The highest BCUT2D eigenvalue weighted by atomic mass is 35.5. The fourth-order valence-corrected chi connectivity index (χ4v) is 1.93. The van der Waals surface area contributed by atoms with Gasteiger partial charge in [-0.2, -0.15) is 0 Å². The smallest absolute Gasteiger partial charge is 0.336 e. The van der Waals surface area contributed by atoms with Crippen molar-refractivity contribution < 1.29 is 19.1 Å². The lowest BCUT2D eigenvalue weighted by atomic mass is 10.2. The van der Waals surface area contributed by atoms with Crippen LogP contribution in [0.5, 0.6) is 5.75 Å². The van der Waals surface area contributed by atoms with Crippen LogP contribution in [0.3, 0.4) is 0 Å². The van der Waals surface area contributed by atoms with E-state index < -0.39 is 17.8 Å². The molecule has 0 aliphatic rings. The van der Waals surface area contributed by atoms with E-state index in [0.717, 1.165) is 5.39 Å². The molecule has 7 nitrogen and oxygen atoms in total. The fraction of sp³-hybridized carbons (Fsp3) is 0.375. The number of benzene rings is 1. The van der Waals surface area contributed by atoms with E-state index in [-0.39, 0.29) is 31.5 Å². The summed E-state index contributed by atoms with van der Waals surface area (Å²) in [7, 11) is 0. The molecule has 1 aromatic carbocycles. The molecule has 0 fully saturated rings. The molecule has 2 rings (SSSR count). The lowest BCUT2D eigenvalue weighted by Gasteiger charge is -2.13. The maximum Gasteiger partial charge on any atom is 0.336 e. The average molecular weight is 357 g/mol. The second kappa shape index (κ2) is 9.27. The summed E-state index contributed by atoms with van der Waals surface area (Å²) in [5.74, 6) is 0.230. The van der Waals surface area contributed by atoms with Gasteiger partial charge in [-0.05, 0) is 25.1 Å². The van der Waals surface area contributed by atoms with Gasteiger partial charge < -0.3 is 25.3 Å². The van der Waals surface area contributed by atoms with E-state index in [1.165, 1.54) is 6.07 Å². The zero-order chi connectivity index (χ0) is 16.8. The van der Waals surface area contributed by atoms with Crippen LogP contribution < -0.4 is 21.4 Å². The number of amides is 1. The van der Waals surface area contributed by atoms with Crippen LogP contribution in [-0.2, 0) is 4.79 Å². The minimum atomic E-state index is -0.726. The van der Waals surface area contributed by atoms with E-state index in [4.69, 9.17) is 14.9 Å². The number of nitrogens with two attached hydrogens (primary N) is 1. The fourth-order valence-electron chi connectivity index (χ4n) is 1.93. The second-order valence-corrected chi connectivity index (χ2v) is 5.28. The number of carbonyl (C=O) groups is 1. The molecule has 0 saturated carbocycles. The Bertz CT molecular complexity index is 732. The largest absolute Gasteiger partial charge is 0.493 e. The van der Waals surface area contributed by atoms with Gasteiger partial charge in [0.25, 0.3) is 0 Å². The normalized spacial score (nSPS) is 13.0. The number of hydrogen-bond donors (Lipinski definition) is 3. The predicted molar refractivity (Wildman–Crippen MR) is 92.5 cm³/mol. The van der Waals surface area contributed by atoms with Gasteiger partial charge in [0.15, 0.2) is 0 Å². The van der Waals surface area contributed by atoms with Gasteiger partial charge in [-0.15, -0.1) is 12.4 Å². The maximum atomic E-state index is 11.3. The molecular formula is C16H21ClN2O5. The van der Waals surface area contributed by atoms with Crippen LogP contribution in [0.15, 0.2) is 39.5 Å². The van der Waals surface area contributed by atoms with Crippen LogP contribution in [-0.4, -0.2) is 36.3 Å². The molecule has 0 bridgehead atoms. The summed E-state index contributed by atoms with van der Waals surface area (Å²) in [4.78, 5) is 22.5. The number of aliphatic hydroxyl groups excluding tert-OH is 1. The second-order valence-electron chi connectivity index (χ2n) is 5.28. The number of carbonyl (C=O) groups excluding carboxylic acids is 1. The Balaban J connectivity index is 0.00000288. The number of aliphatic hydroxyl groups is 1. The van der Waals surface area contributed by atoms with E-state index in [1.807, 2.05) is 0 Å². The van der Waals surface area contributed by atoms with Crippen LogP contribution >= 0.6 is 12.4 Å². The third-order valence-electron chi connectivity index (χ3n) is 3.24. The minimum absolute atomic E-state index is 0. The first kappa shape index (κ1) is 20.0. The Kier molecular flexibility index (Phi) is 7.70. The average Bonchev–Trinajstić information content (AvgIpc) is 2.52. The molecule has 0 spiro atoms. The first-order valence-electron chi connectivity index (χ1n) is 7.34. The lowest BCUT2D eigenvalue weighted by molar-refractivity contribution is -0.122. The zero-order valence-electron chi connectivity index (χ0n) is 13.2. The summed E-state index contributed by atoms with van der Waals surface area (Å²) >= 11 is 0. The van der Waals surface area contributed by atoms with Crippen molar-refractivity contribution in [2.45, 2.75) is 25.5 Å². The van der Waals surface area contributed by atoms with Crippen molar-refractivity contribution in [1.82, 2.24) is 5.32 Å². The summed E-state index contributed by atoms with van der Waals surface area (Å²) in [5.41, 5.74) is 5.43. The van der Waals surface area contributed by atoms with E-state index in [0.29, 0.717) is 17.8 Å². The number of ether oxygens (including phenoxy) is 1. The number of halogens is 1. The monoisotopic (exact) mass is 356 g/mol. The molecule has 1 aromatic heterocycles. The molecule has 24 heavy (non-hydrogen) atoms. The Morgan fingerprint density at radius 3 is 2.79 bits per heavy atom. The van der Waals surface area contributed by atoms with Crippen molar-refractivity contribution in [3.8, 4) is 5.75 Å². The summed E-state index contributed by atoms with van der Waals surface area (Å²) in [6, 6.07) is 7.59. The molecule has 2 unspecified atom stereocenters. The molecule has 0 aliphatic heterocycles. The third-order valence-corrected chi connectivity index (χ3v) is 3.24. The standard InChI is InChI=1S/C16H20N2O5.ClH/c1-10(17)16(21)18-9-12(19)6-7-22-13-4-2-11-3-5-15(20)23-14(11)8-13;/h2-5,8,10,12,19H,6-7,9,17H2,1H3,(H,18,21);1H. The van der Waals surface area contributed by atoms with Crippen molar-refractivity contribution in [3.63, 3.8) is 0 Å². The molecule has 2 atom stereocenters. The number of nitrogens with one attached hydrogen (secondary N) is 1. The highest BCUT2D eigenvalue weighted by molar-refractivity contribution is 5.85. The number of fused-ring (bicyclic) bond motifs is 1. The highest BCUT2D eigenvalue weighted by Crippen LogP contribution is 2.19. The molecule has 0 aliphatic carbocycles. The van der Waals surface area contributed by atoms with Crippen LogP contribution in [0.1, 0.15) is 13.3 Å². The van der Waals surface area contributed by atoms with Crippen molar-refractivity contribution in [3.05, 3.63) is 40.8 Å². The van der Waals surface area contributed by atoms with Gasteiger partial charge in [0, 0.05) is 30.5 Å². The SMILES string of the molecule is CC(N)C(=O)NCC(O)CCOc1ccc2ccc(=O)oc2c1.Cl. The van der Waals surface area contributed by atoms with Gasteiger partial charge in [0.1, 0.15) is 11.3 Å². The van der Waals surface area contributed by atoms with Crippen LogP contribution in [0.25, 0.3) is 11.0 Å². The zero-order valence-corrected chi connectivity index (χ0v) is 14.0. The molecule has 0 saturated heterocycles. The van der Waals surface area contributed by atoms with Crippen LogP contribution in [0, 0.1) is 0 Å². The third kappa shape index (κ3) is 5.84. The van der Waals surface area contributed by atoms with Crippen molar-refractivity contribution in [2.24, 2.45) is 5.73 Å². The predicted octanol–water partition coefficient (Wildman–Crippen LogP) is 0.808. The quantitative estimate of drug-likeness (QED) is 0.632. The molecule has 132 valence electrons. The van der Waals surface area contributed by atoms with Gasteiger partial charge in [-0.3, -0.25) is 4.79 Å². The Morgan fingerprint density at radius 1 is 1.38 bits per heavy atom. The topological polar surface area (TPSA) is 115 Å². The molecular weight excluding hydrogens is 336 g/mol. The van der Waals surface area contributed by atoms with Gasteiger partial charge in [0.2, 0.25) is 5.91 Å². The van der Waals surface area contributed by atoms with Crippen molar-refractivity contribution in [1.29, 1.82) is 0 Å². The van der Waals surface area contributed by atoms with E-state index in [2.05, 4.69) is 5.32 Å². The van der Waals surface area contributed by atoms with E-state index in [9.17, 15) is 14.7 Å². The van der Waals surface area contributed by atoms with E-state index >= 15 is 0 Å². The highest BCUT2D eigenvalue weighted by Gasteiger charge is 2.10. The molecule has 0 radical (unpaired) electrons. The van der Waals surface area contributed by atoms with E-state index in [1.54, 1.807) is 31.2 Å². The van der Waals surface area contributed by atoms with Gasteiger partial charge in [0.05, 0.1) is 18.8 Å². The first-order valence-corrected chi connectivity index (χ1v) is 7.34. The van der Waals surface area contributed by atoms with Gasteiger partial charge >= 0.3 is 5.63 Å². The molecule has 1 amide bonds. The van der Waals surface area contributed by atoms with Gasteiger partial charge in [-0.25, -0.2) is 4.79 Å². The summed E-state index contributed by atoms with van der Waals surface area (Å²) in [5, 5.41) is 13.1. The molecule has 4 N–H and O–H groups in total. The lowest BCUT2D eigenvalue weighted by Crippen LogP contribution is -2.41. The van der Waals surface area contributed by atoms with Crippen LogP contribution in [0.2, 0.25) is 0 Å². The summed E-state index contributed by atoms with van der Waals surface area (Å²) in [6.07, 6.45) is -0.383. The minimum Gasteiger partial charge on any atom is -0.493 e. The molecule has 2 aromatic rings.